The zero-order chi connectivity index (χ0) is 21.8. The molecule has 0 saturated carbocycles. The fraction of sp³-hybridized carbons (Fsp3) is 0.154. The lowest BCUT2D eigenvalue weighted by molar-refractivity contribution is 0.0951. The van der Waals surface area contributed by atoms with Crippen molar-refractivity contribution in [3.8, 4) is 22.7 Å². The van der Waals surface area contributed by atoms with E-state index in [9.17, 15) is 4.79 Å². The predicted molar refractivity (Wildman–Crippen MR) is 123 cm³/mol. The summed E-state index contributed by atoms with van der Waals surface area (Å²) in [6.45, 7) is 4.63. The smallest absolute Gasteiger partial charge is 0.251 e. The number of benzene rings is 2. The van der Waals surface area contributed by atoms with Crippen LogP contribution in [0, 0.1) is 13.8 Å². The van der Waals surface area contributed by atoms with E-state index < -0.39 is 0 Å². The monoisotopic (exact) mass is 411 g/mol. The number of methoxy groups -OCH3 is 1. The molecule has 0 aliphatic heterocycles. The minimum Gasteiger partial charge on any atom is -0.497 e. The molecule has 2 aromatic heterocycles. The van der Waals surface area contributed by atoms with E-state index in [1.165, 1.54) is 0 Å². The number of carbonyl (C=O) groups is 1. The minimum atomic E-state index is -0.110. The molecule has 0 atom stereocenters. The Morgan fingerprint density at radius 2 is 1.61 bits per heavy atom. The molecule has 5 heteroatoms. The highest BCUT2D eigenvalue weighted by molar-refractivity contribution is 5.94. The zero-order valence-corrected chi connectivity index (χ0v) is 17.9. The molecule has 1 N–H and O–H groups in total. The third-order valence-corrected chi connectivity index (χ3v) is 5.33. The van der Waals surface area contributed by atoms with Crippen molar-refractivity contribution in [1.82, 2.24) is 14.9 Å². The molecule has 4 rings (SSSR count). The average molecular weight is 412 g/mol. The van der Waals surface area contributed by atoms with E-state index in [4.69, 9.17) is 4.74 Å². The third-order valence-electron chi connectivity index (χ3n) is 5.33. The lowest BCUT2D eigenvalue weighted by Crippen LogP contribution is -2.22. The van der Waals surface area contributed by atoms with E-state index in [1.807, 2.05) is 54.6 Å². The van der Waals surface area contributed by atoms with Gasteiger partial charge in [-0.2, -0.15) is 0 Å². The Morgan fingerprint density at radius 1 is 0.935 bits per heavy atom. The van der Waals surface area contributed by atoms with Gasteiger partial charge in [-0.1, -0.05) is 24.3 Å². The second kappa shape index (κ2) is 8.88. The predicted octanol–water partition coefficient (Wildman–Crippen LogP) is 5.09. The van der Waals surface area contributed by atoms with Crippen molar-refractivity contribution in [1.29, 1.82) is 0 Å². The molecule has 0 saturated heterocycles. The summed E-state index contributed by atoms with van der Waals surface area (Å²) in [5.41, 5.74) is 6.82. The van der Waals surface area contributed by atoms with E-state index >= 15 is 0 Å². The SMILES string of the molecule is COc1ccc(CNC(=O)c2ccc(-c3ncccc3-n3c(C)ccc3C)cc2)cc1. The van der Waals surface area contributed by atoms with Crippen molar-refractivity contribution in [2.45, 2.75) is 20.4 Å². The quantitative estimate of drug-likeness (QED) is 0.481. The standard InChI is InChI=1S/C26H25N3O2/c1-18-6-7-19(2)29(18)24-5-4-16-27-25(24)21-10-12-22(13-11-21)26(30)28-17-20-8-14-23(31-3)15-9-20/h4-16H,17H2,1-3H3,(H,28,30). The first-order valence-electron chi connectivity index (χ1n) is 10.2. The molecule has 0 aliphatic carbocycles. The molecule has 0 unspecified atom stereocenters. The topological polar surface area (TPSA) is 56.1 Å². The summed E-state index contributed by atoms with van der Waals surface area (Å²) in [5.74, 6) is 0.686. The first-order valence-corrected chi connectivity index (χ1v) is 10.2. The number of aromatic nitrogens is 2. The lowest BCUT2D eigenvalue weighted by atomic mass is 10.1. The van der Waals surface area contributed by atoms with Crippen LogP contribution in [0.25, 0.3) is 16.9 Å². The van der Waals surface area contributed by atoms with E-state index in [2.05, 4.69) is 46.9 Å². The van der Waals surface area contributed by atoms with Gasteiger partial charge in [0.05, 0.1) is 18.5 Å². The van der Waals surface area contributed by atoms with Crippen LogP contribution in [-0.2, 0) is 6.54 Å². The zero-order valence-electron chi connectivity index (χ0n) is 17.9. The van der Waals surface area contributed by atoms with Gasteiger partial charge in [0, 0.05) is 35.3 Å². The number of nitrogens with one attached hydrogen (secondary N) is 1. The number of aryl methyl sites for hydroxylation is 2. The van der Waals surface area contributed by atoms with E-state index in [0.29, 0.717) is 12.1 Å². The van der Waals surface area contributed by atoms with Gasteiger partial charge in [0.15, 0.2) is 0 Å². The van der Waals surface area contributed by atoms with Gasteiger partial charge in [0.2, 0.25) is 0 Å². The summed E-state index contributed by atoms with van der Waals surface area (Å²) in [5, 5.41) is 2.96. The maximum absolute atomic E-state index is 12.6. The van der Waals surface area contributed by atoms with Crippen LogP contribution in [0.2, 0.25) is 0 Å². The fourth-order valence-corrected chi connectivity index (χ4v) is 3.66. The van der Waals surface area contributed by atoms with Crippen molar-refractivity contribution in [2.24, 2.45) is 0 Å². The van der Waals surface area contributed by atoms with Crippen molar-refractivity contribution in [3.63, 3.8) is 0 Å². The highest BCUT2D eigenvalue weighted by atomic mass is 16.5. The largest absolute Gasteiger partial charge is 0.497 e. The molecular weight excluding hydrogens is 386 g/mol. The van der Waals surface area contributed by atoms with Crippen molar-refractivity contribution >= 4 is 5.91 Å². The van der Waals surface area contributed by atoms with Crippen LogP contribution in [0.1, 0.15) is 27.3 Å². The summed E-state index contributed by atoms with van der Waals surface area (Å²) in [4.78, 5) is 17.2. The van der Waals surface area contributed by atoms with Gasteiger partial charge in [-0.25, -0.2) is 0 Å². The van der Waals surface area contributed by atoms with Crippen molar-refractivity contribution in [3.05, 3.63) is 102 Å². The first kappa shape index (κ1) is 20.4. The van der Waals surface area contributed by atoms with Crippen LogP contribution >= 0.6 is 0 Å². The molecule has 1 amide bonds. The fourth-order valence-electron chi connectivity index (χ4n) is 3.66. The Morgan fingerprint density at radius 3 is 2.26 bits per heavy atom. The molecule has 156 valence electrons. The number of ether oxygens (including phenoxy) is 1. The summed E-state index contributed by atoms with van der Waals surface area (Å²) in [6.07, 6.45) is 1.79. The Labute approximate surface area is 182 Å². The highest BCUT2D eigenvalue weighted by Crippen LogP contribution is 2.27. The number of pyridine rings is 1. The molecule has 0 fully saturated rings. The second-order valence-electron chi connectivity index (χ2n) is 7.43. The molecule has 0 aliphatic rings. The highest BCUT2D eigenvalue weighted by Gasteiger charge is 2.13. The van der Waals surface area contributed by atoms with Gasteiger partial charge < -0.3 is 14.6 Å². The Kier molecular flexibility index (Phi) is 5.85. The average Bonchev–Trinajstić information content (AvgIpc) is 3.15. The number of carbonyl (C=O) groups excluding carboxylic acids is 1. The normalized spacial score (nSPS) is 10.7. The maximum Gasteiger partial charge on any atom is 0.251 e. The molecule has 2 heterocycles. The molecule has 0 spiro atoms. The second-order valence-corrected chi connectivity index (χ2v) is 7.43. The summed E-state index contributed by atoms with van der Waals surface area (Å²) in [7, 11) is 1.63. The molecule has 0 radical (unpaired) electrons. The number of hydrogen-bond donors (Lipinski definition) is 1. The lowest BCUT2D eigenvalue weighted by Gasteiger charge is -2.14. The van der Waals surface area contributed by atoms with E-state index in [1.54, 1.807) is 13.3 Å². The van der Waals surface area contributed by atoms with Crippen LogP contribution in [0.5, 0.6) is 5.75 Å². The Hall–Kier alpha value is -3.86. The van der Waals surface area contributed by atoms with Gasteiger partial charge in [-0.15, -0.1) is 0 Å². The number of hydrogen-bond acceptors (Lipinski definition) is 3. The van der Waals surface area contributed by atoms with Gasteiger partial charge in [0.25, 0.3) is 5.91 Å². The maximum atomic E-state index is 12.6. The van der Waals surface area contributed by atoms with Crippen LogP contribution < -0.4 is 10.1 Å². The molecule has 2 aromatic carbocycles. The summed E-state index contributed by atoms with van der Waals surface area (Å²) in [6, 6.07) is 23.4. The van der Waals surface area contributed by atoms with Gasteiger partial charge in [-0.05, 0) is 67.9 Å². The number of rotatable bonds is 6. The number of amides is 1. The first-order chi connectivity index (χ1) is 15.1. The van der Waals surface area contributed by atoms with Crippen molar-refractivity contribution < 1.29 is 9.53 Å². The van der Waals surface area contributed by atoms with Gasteiger partial charge >= 0.3 is 0 Å². The van der Waals surface area contributed by atoms with Crippen LogP contribution in [0.15, 0.2) is 79.0 Å². The van der Waals surface area contributed by atoms with E-state index in [0.717, 1.165) is 39.6 Å². The molecule has 0 bridgehead atoms. The molecular formula is C26H25N3O2. The third kappa shape index (κ3) is 4.36. The van der Waals surface area contributed by atoms with E-state index in [-0.39, 0.29) is 5.91 Å². The van der Waals surface area contributed by atoms with Crippen molar-refractivity contribution in [2.75, 3.05) is 7.11 Å². The Balaban J connectivity index is 1.52. The summed E-state index contributed by atoms with van der Waals surface area (Å²) < 4.78 is 7.36. The molecule has 4 aromatic rings. The molecule has 5 nitrogen and oxygen atoms in total. The summed E-state index contributed by atoms with van der Waals surface area (Å²) >= 11 is 0. The van der Waals surface area contributed by atoms with Gasteiger partial charge in [-0.3, -0.25) is 9.78 Å². The van der Waals surface area contributed by atoms with Gasteiger partial charge in [0.1, 0.15) is 5.75 Å². The van der Waals surface area contributed by atoms with Crippen LogP contribution in [-0.4, -0.2) is 22.6 Å². The molecule has 31 heavy (non-hydrogen) atoms. The minimum absolute atomic E-state index is 0.110. The van der Waals surface area contributed by atoms with Crippen LogP contribution in [0.3, 0.4) is 0 Å². The number of nitrogens with zero attached hydrogens (tertiary/aromatic N) is 2. The Bertz CT molecular complexity index is 1170. The van der Waals surface area contributed by atoms with Crippen LogP contribution in [0.4, 0.5) is 0 Å².